The monoisotopic (exact) mass is 897 g/mol. The summed E-state index contributed by atoms with van der Waals surface area (Å²) in [7, 11) is -4.77. The average Bonchev–Trinajstić information content (AvgIpc) is 3.98. The van der Waals surface area contributed by atoms with Crippen molar-refractivity contribution in [1.29, 1.82) is 0 Å². The predicted molar refractivity (Wildman–Crippen MR) is 245 cm³/mol. The van der Waals surface area contributed by atoms with Gasteiger partial charge in [0.1, 0.15) is 23.8 Å². The standard InChI is InChI=1S/C48H51N9O7S/c1-30(2)37-9-3-4-10-38(37)40-11-7-19-56(40)35-26-48(27-35)15-20-55(21-16-48)34-12-13-39(42(24-34)64-36-22-31-14-18-50-45(31)51-28-36)46(58)54-65(61,62)43-25-41(57(59)60)44-47(53-43)63-29-33(52-44)23-32-8-5-6-17-49-32/h3-6,8-10,12-14,17-18,22,24-25,28,30,33,35,40,52H,7,11,15-16,19-21,23,26-27,29H2,1-2H3,(H,50,51)(H,54,58)/t33-,40-/m0/s1. The number of aromatic amines is 1. The van der Waals surface area contributed by atoms with E-state index < -0.39 is 37.6 Å². The number of sulfonamides is 1. The summed E-state index contributed by atoms with van der Waals surface area (Å²) in [5.74, 6) is -0.318. The van der Waals surface area contributed by atoms with Crippen LogP contribution in [0.5, 0.6) is 17.4 Å². The number of fused-ring (bicyclic) bond motifs is 2. The molecule has 4 aromatic heterocycles. The van der Waals surface area contributed by atoms with E-state index in [-0.39, 0.29) is 29.5 Å². The van der Waals surface area contributed by atoms with Crippen molar-refractivity contribution < 1.29 is 27.6 Å². The molecule has 4 aliphatic rings. The van der Waals surface area contributed by atoms with Crippen molar-refractivity contribution in [2.75, 3.05) is 36.5 Å². The summed E-state index contributed by atoms with van der Waals surface area (Å²) in [5.41, 5.74) is 4.79. The Labute approximate surface area is 377 Å². The maximum Gasteiger partial charge on any atom is 0.300 e. The van der Waals surface area contributed by atoms with E-state index >= 15 is 0 Å². The Morgan fingerprint density at radius 1 is 1.03 bits per heavy atom. The fraction of sp³-hybridized carbons (Fsp3) is 0.375. The molecule has 0 unspecified atom stereocenters. The number of hydrogen-bond acceptors (Lipinski definition) is 13. The third kappa shape index (κ3) is 8.45. The molecule has 3 N–H and O–H groups in total. The number of anilines is 2. The predicted octanol–water partition coefficient (Wildman–Crippen LogP) is 8.30. The largest absolute Gasteiger partial charge is 0.474 e. The third-order valence-corrected chi connectivity index (χ3v) is 14.9. The van der Waals surface area contributed by atoms with Gasteiger partial charge in [-0.05, 0) is 104 Å². The molecule has 1 saturated carbocycles. The normalized spacial score (nSPS) is 19.6. The van der Waals surface area contributed by atoms with Crippen LogP contribution < -0.4 is 24.4 Å². The number of nitrogens with one attached hydrogen (secondary N) is 3. The summed E-state index contributed by atoms with van der Waals surface area (Å²) >= 11 is 0. The van der Waals surface area contributed by atoms with Crippen molar-refractivity contribution in [2.45, 2.75) is 87.9 Å². The Hall–Kier alpha value is -6.59. The van der Waals surface area contributed by atoms with Crippen molar-refractivity contribution in [1.82, 2.24) is 29.6 Å². The van der Waals surface area contributed by atoms with Gasteiger partial charge >= 0.3 is 5.69 Å². The topological polar surface area (TPSA) is 198 Å². The molecule has 0 radical (unpaired) electrons. The SMILES string of the molecule is CC(C)c1ccccc1[C@@H]1CCCN1C1CC2(CCN(c3ccc(C(=O)NS(=O)(=O)c4cc([N+](=O)[O-])c5c(n4)OC[C@H](Cc4ccccn4)N5)c(Oc4cnc5[nH]ccc5c4)c3)CC2)C1. The number of nitrogens with zero attached hydrogens (tertiary/aromatic N) is 6. The number of pyridine rings is 3. The number of rotatable bonds is 12. The molecule has 17 heteroatoms. The van der Waals surface area contributed by atoms with Crippen LogP contribution in [0.1, 0.15) is 91.5 Å². The molecule has 2 atom stereocenters. The van der Waals surface area contributed by atoms with E-state index in [9.17, 15) is 23.3 Å². The minimum atomic E-state index is -4.77. The second-order valence-electron chi connectivity index (χ2n) is 18.1. The first-order valence-electron chi connectivity index (χ1n) is 22.3. The van der Waals surface area contributed by atoms with Crippen molar-refractivity contribution >= 4 is 44.0 Å². The summed E-state index contributed by atoms with van der Waals surface area (Å²) in [6, 6.07) is 24.6. The van der Waals surface area contributed by atoms with Gasteiger partial charge in [-0.2, -0.15) is 13.4 Å². The number of likely N-dealkylation sites (tertiary alicyclic amines) is 1. The lowest BCUT2D eigenvalue weighted by atomic mass is 9.59. The van der Waals surface area contributed by atoms with E-state index in [0.29, 0.717) is 41.2 Å². The van der Waals surface area contributed by atoms with Gasteiger partial charge in [0.2, 0.25) is 5.88 Å². The Kier molecular flexibility index (Phi) is 11.1. The summed E-state index contributed by atoms with van der Waals surface area (Å²) in [5, 5.41) is 15.4. The maximum atomic E-state index is 14.0. The Bertz CT molecular complexity index is 2880. The number of carbonyl (C=O) groups is 1. The van der Waals surface area contributed by atoms with E-state index in [1.165, 1.54) is 43.0 Å². The first-order valence-corrected chi connectivity index (χ1v) is 23.8. The van der Waals surface area contributed by atoms with Gasteiger partial charge in [0, 0.05) is 66.8 Å². The summed E-state index contributed by atoms with van der Waals surface area (Å²) in [6.07, 6.45) is 12.2. The lowest BCUT2D eigenvalue weighted by Crippen LogP contribution is -2.54. The first-order chi connectivity index (χ1) is 31.4. The summed E-state index contributed by atoms with van der Waals surface area (Å²) < 4.78 is 41.9. The van der Waals surface area contributed by atoms with Crippen LogP contribution in [0.3, 0.4) is 0 Å². The van der Waals surface area contributed by atoms with Gasteiger partial charge in [-0.3, -0.25) is 24.8 Å². The van der Waals surface area contributed by atoms with E-state index in [1.807, 2.05) is 18.2 Å². The van der Waals surface area contributed by atoms with Crippen LogP contribution in [0.4, 0.5) is 17.1 Å². The van der Waals surface area contributed by atoms with Crippen LogP contribution in [-0.4, -0.2) is 82.4 Å². The molecule has 0 bridgehead atoms. The Morgan fingerprint density at radius 2 is 1.85 bits per heavy atom. The molecule has 1 spiro atoms. The zero-order valence-corrected chi connectivity index (χ0v) is 37.1. The fourth-order valence-electron chi connectivity index (χ4n) is 10.3. The van der Waals surface area contributed by atoms with Crippen molar-refractivity contribution in [3.63, 3.8) is 0 Å². The summed E-state index contributed by atoms with van der Waals surface area (Å²) in [6.45, 7) is 7.41. The van der Waals surface area contributed by atoms with E-state index in [0.717, 1.165) is 55.3 Å². The lowest BCUT2D eigenvalue weighted by molar-refractivity contribution is -0.384. The highest BCUT2D eigenvalue weighted by atomic mass is 32.2. The fourth-order valence-corrected chi connectivity index (χ4v) is 11.3. The van der Waals surface area contributed by atoms with E-state index in [1.54, 1.807) is 42.7 Å². The number of piperidine rings is 1. The highest BCUT2D eigenvalue weighted by Crippen LogP contribution is 2.54. The van der Waals surface area contributed by atoms with Gasteiger partial charge in [0.15, 0.2) is 10.7 Å². The van der Waals surface area contributed by atoms with E-state index in [4.69, 9.17) is 9.47 Å². The van der Waals surface area contributed by atoms with Crippen LogP contribution in [0, 0.1) is 15.5 Å². The van der Waals surface area contributed by atoms with Gasteiger partial charge in [0.05, 0.1) is 28.8 Å². The van der Waals surface area contributed by atoms with Crippen LogP contribution in [0.2, 0.25) is 0 Å². The smallest absolute Gasteiger partial charge is 0.300 e. The van der Waals surface area contributed by atoms with Gasteiger partial charge in [0.25, 0.3) is 15.9 Å². The molecule has 1 aliphatic carbocycles. The number of benzene rings is 2. The highest BCUT2D eigenvalue weighted by Gasteiger charge is 2.50. The zero-order chi connectivity index (χ0) is 44.9. The highest BCUT2D eigenvalue weighted by molar-refractivity contribution is 7.90. The molecule has 1 amide bonds. The van der Waals surface area contributed by atoms with Gasteiger partial charge in [-0.1, -0.05) is 44.2 Å². The molecule has 16 nitrogen and oxygen atoms in total. The number of ether oxygens (including phenoxy) is 2. The molecule has 336 valence electrons. The quantitative estimate of drug-likeness (QED) is 0.0784. The molecule has 65 heavy (non-hydrogen) atoms. The van der Waals surface area contributed by atoms with Crippen LogP contribution in [0.25, 0.3) is 11.0 Å². The van der Waals surface area contributed by atoms with Crippen molar-refractivity contribution in [2.24, 2.45) is 5.41 Å². The molecule has 2 saturated heterocycles. The van der Waals surface area contributed by atoms with Crippen LogP contribution >= 0.6 is 0 Å². The second kappa shape index (κ2) is 17.1. The van der Waals surface area contributed by atoms with Crippen molar-refractivity contribution in [3.05, 3.63) is 130 Å². The van der Waals surface area contributed by atoms with Crippen molar-refractivity contribution in [3.8, 4) is 17.4 Å². The molecule has 10 rings (SSSR count). The number of carbonyl (C=O) groups excluding carboxylic acids is 1. The molecule has 3 aliphatic heterocycles. The average molecular weight is 898 g/mol. The summed E-state index contributed by atoms with van der Waals surface area (Å²) in [4.78, 5) is 46.6. The minimum absolute atomic E-state index is 0.0472. The van der Waals surface area contributed by atoms with Crippen LogP contribution in [0.15, 0.2) is 102 Å². The zero-order valence-electron chi connectivity index (χ0n) is 36.3. The lowest BCUT2D eigenvalue weighted by Gasteiger charge is -2.56. The van der Waals surface area contributed by atoms with Gasteiger partial charge in [-0.15, -0.1) is 0 Å². The molecular weight excluding hydrogens is 847 g/mol. The number of amides is 1. The number of H-pyrrole nitrogens is 1. The second-order valence-corrected chi connectivity index (χ2v) is 19.8. The maximum absolute atomic E-state index is 14.0. The molecule has 7 heterocycles. The Morgan fingerprint density at radius 3 is 2.63 bits per heavy atom. The molecular formula is C48H51N9O7S. The molecule has 2 aromatic carbocycles. The molecule has 3 fully saturated rings. The Balaban J connectivity index is 0.859. The number of hydrogen-bond donors (Lipinski definition) is 3. The molecule has 6 aromatic rings. The minimum Gasteiger partial charge on any atom is -0.474 e. The number of nitro groups is 1. The van der Waals surface area contributed by atoms with Crippen LogP contribution in [-0.2, 0) is 16.4 Å². The number of aromatic nitrogens is 4. The third-order valence-electron chi connectivity index (χ3n) is 13.7. The van der Waals surface area contributed by atoms with Gasteiger partial charge < -0.3 is 24.7 Å². The first kappa shape index (κ1) is 42.4. The van der Waals surface area contributed by atoms with E-state index in [2.05, 4.69) is 77.9 Å². The van der Waals surface area contributed by atoms with Gasteiger partial charge in [-0.25, -0.2) is 9.71 Å².